The molecule has 1 saturated heterocycles. The summed E-state index contributed by atoms with van der Waals surface area (Å²) in [5, 5.41) is 3.84. The number of aromatic nitrogens is 2. The van der Waals surface area contributed by atoms with Crippen molar-refractivity contribution in [1.82, 2.24) is 15.0 Å². The SMILES string of the molecule is O=C(Cc1cccc(F)c1F)N1CCCCC[C@@H]1c1ncon1. The van der Waals surface area contributed by atoms with Gasteiger partial charge in [-0.05, 0) is 18.9 Å². The highest BCUT2D eigenvalue weighted by atomic mass is 19.2. The van der Waals surface area contributed by atoms with Gasteiger partial charge in [0.05, 0.1) is 12.5 Å². The maximum absolute atomic E-state index is 13.8. The third-order valence-electron chi connectivity index (χ3n) is 4.12. The third kappa shape index (κ3) is 3.38. The molecule has 5 nitrogen and oxygen atoms in total. The maximum atomic E-state index is 13.8. The molecule has 1 aliphatic heterocycles. The summed E-state index contributed by atoms with van der Waals surface area (Å²) < 4.78 is 31.9. The van der Waals surface area contributed by atoms with E-state index in [1.54, 1.807) is 4.90 Å². The van der Waals surface area contributed by atoms with Crippen LogP contribution in [-0.2, 0) is 11.2 Å². The Balaban J connectivity index is 1.82. The van der Waals surface area contributed by atoms with Crippen LogP contribution in [0, 0.1) is 11.6 Å². The minimum absolute atomic E-state index is 0.0612. The van der Waals surface area contributed by atoms with E-state index in [0.29, 0.717) is 12.4 Å². The first kappa shape index (κ1) is 15.6. The zero-order chi connectivity index (χ0) is 16.2. The van der Waals surface area contributed by atoms with Crippen LogP contribution in [0.4, 0.5) is 8.78 Å². The first-order valence-corrected chi connectivity index (χ1v) is 7.65. The van der Waals surface area contributed by atoms with Gasteiger partial charge in [-0.3, -0.25) is 4.79 Å². The van der Waals surface area contributed by atoms with E-state index in [1.807, 2.05) is 0 Å². The molecule has 0 aliphatic carbocycles. The molecule has 1 amide bonds. The van der Waals surface area contributed by atoms with Crippen molar-refractivity contribution in [3.8, 4) is 0 Å². The first-order valence-electron chi connectivity index (χ1n) is 7.65. The average molecular weight is 321 g/mol. The fourth-order valence-corrected chi connectivity index (χ4v) is 2.95. The quantitative estimate of drug-likeness (QED) is 0.872. The van der Waals surface area contributed by atoms with Gasteiger partial charge < -0.3 is 9.42 Å². The Hall–Kier alpha value is -2.31. The number of hydrogen-bond acceptors (Lipinski definition) is 4. The smallest absolute Gasteiger partial charge is 0.227 e. The highest BCUT2D eigenvalue weighted by molar-refractivity contribution is 5.79. The summed E-state index contributed by atoms with van der Waals surface area (Å²) >= 11 is 0. The average Bonchev–Trinajstić information content (AvgIpc) is 2.96. The van der Waals surface area contributed by atoms with Gasteiger partial charge >= 0.3 is 0 Å². The normalized spacial score (nSPS) is 18.7. The van der Waals surface area contributed by atoms with Gasteiger partial charge in [0.2, 0.25) is 12.3 Å². The van der Waals surface area contributed by atoms with Gasteiger partial charge in [-0.1, -0.05) is 30.1 Å². The molecular formula is C16H17F2N3O2. The van der Waals surface area contributed by atoms with Crippen LogP contribution < -0.4 is 0 Å². The maximum Gasteiger partial charge on any atom is 0.227 e. The third-order valence-corrected chi connectivity index (χ3v) is 4.12. The predicted octanol–water partition coefficient (Wildman–Crippen LogP) is 3.03. The fourth-order valence-electron chi connectivity index (χ4n) is 2.95. The number of likely N-dealkylation sites (tertiary alicyclic amines) is 1. The largest absolute Gasteiger partial charge is 0.343 e. The number of benzene rings is 1. The Kier molecular flexibility index (Phi) is 4.64. The van der Waals surface area contributed by atoms with E-state index in [1.165, 1.54) is 18.5 Å². The monoisotopic (exact) mass is 321 g/mol. The molecule has 7 heteroatoms. The molecule has 1 aromatic heterocycles. The lowest BCUT2D eigenvalue weighted by molar-refractivity contribution is -0.133. The van der Waals surface area contributed by atoms with E-state index in [9.17, 15) is 13.6 Å². The Morgan fingerprint density at radius 3 is 2.96 bits per heavy atom. The van der Waals surface area contributed by atoms with Gasteiger partial charge in [-0.25, -0.2) is 8.78 Å². The Labute approximate surface area is 132 Å². The van der Waals surface area contributed by atoms with Gasteiger partial charge in [-0.15, -0.1) is 0 Å². The summed E-state index contributed by atoms with van der Waals surface area (Å²) in [4.78, 5) is 18.3. The van der Waals surface area contributed by atoms with E-state index >= 15 is 0 Å². The minimum atomic E-state index is -0.966. The van der Waals surface area contributed by atoms with Crippen molar-refractivity contribution in [2.24, 2.45) is 0 Å². The summed E-state index contributed by atoms with van der Waals surface area (Å²) in [5.41, 5.74) is 0.0612. The molecule has 1 aliphatic rings. The number of hydrogen-bond donors (Lipinski definition) is 0. The molecule has 1 fully saturated rings. The topological polar surface area (TPSA) is 59.2 Å². The second-order valence-electron chi connectivity index (χ2n) is 5.63. The van der Waals surface area contributed by atoms with Crippen molar-refractivity contribution in [3.63, 3.8) is 0 Å². The molecule has 2 heterocycles. The number of carbonyl (C=O) groups excluding carboxylic acids is 1. The summed E-state index contributed by atoms with van der Waals surface area (Å²) in [7, 11) is 0. The molecule has 1 atom stereocenters. The Morgan fingerprint density at radius 2 is 2.17 bits per heavy atom. The zero-order valence-corrected chi connectivity index (χ0v) is 12.5. The second-order valence-corrected chi connectivity index (χ2v) is 5.63. The van der Waals surface area contributed by atoms with Gasteiger partial charge in [0.15, 0.2) is 17.5 Å². The molecule has 0 radical (unpaired) electrons. The fraction of sp³-hybridized carbons (Fsp3) is 0.438. The molecule has 0 N–H and O–H groups in total. The number of rotatable bonds is 3. The number of amides is 1. The van der Waals surface area contributed by atoms with Crippen molar-refractivity contribution < 1.29 is 18.1 Å². The molecule has 0 saturated carbocycles. The Bertz CT molecular complexity index is 676. The minimum Gasteiger partial charge on any atom is -0.343 e. The summed E-state index contributed by atoms with van der Waals surface area (Å²) in [6.45, 7) is 0.551. The van der Waals surface area contributed by atoms with Crippen molar-refractivity contribution in [1.29, 1.82) is 0 Å². The summed E-state index contributed by atoms with van der Waals surface area (Å²) in [6, 6.07) is 3.59. The lowest BCUT2D eigenvalue weighted by Crippen LogP contribution is -2.36. The van der Waals surface area contributed by atoms with Gasteiger partial charge in [0.1, 0.15) is 0 Å². The van der Waals surface area contributed by atoms with Gasteiger partial charge in [0.25, 0.3) is 0 Å². The van der Waals surface area contributed by atoms with Crippen molar-refractivity contribution in [2.75, 3.05) is 6.54 Å². The van der Waals surface area contributed by atoms with Crippen LogP contribution in [0.2, 0.25) is 0 Å². The summed E-state index contributed by atoms with van der Waals surface area (Å²) in [6.07, 6.45) is 4.61. The number of nitrogens with zero attached hydrogens (tertiary/aromatic N) is 3. The summed E-state index contributed by atoms with van der Waals surface area (Å²) in [5.74, 6) is -1.71. The number of carbonyl (C=O) groups is 1. The van der Waals surface area contributed by atoms with Crippen molar-refractivity contribution in [3.05, 3.63) is 47.6 Å². The molecule has 0 bridgehead atoms. The van der Waals surface area contributed by atoms with Crippen LogP contribution in [0.25, 0.3) is 0 Å². The predicted molar refractivity (Wildman–Crippen MR) is 77.3 cm³/mol. The lowest BCUT2D eigenvalue weighted by atomic mass is 10.1. The van der Waals surface area contributed by atoms with Gasteiger partial charge in [-0.2, -0.15) is 4.98 Å². The van der Waals surface area contributed by atoms with Crippen LogP contribution in [0.5, 0.6) is 0 Å². The second kappa shape index (κ2) is 6.85. The van der Waals surface area contributed by atoms with E-state index in [4.69, 9.17) is 4.52 Å². The molecule has 3 rings (SSSR count). The zero-order valence-electron chi connectivity index (χ0n) is 12.5. The lowest BCUT2D eigenvalue weighted by Gasteiger charge is -2.28. The molecule has 0 spiro atoms. The van der Waals surface area contributed by atoms with E-state index < -0.39 is 11.6 Å². The number of halogens is 2. The van der Waals surface area contributed by atoms with E-state index in [0.717, 1.165) is 31.7 Å². The van der Waals surface area contributed by atoms with Crippen LogP contribution in [0.3, 0.4) is 0 Å². The highest BCUT2D eigenvalue weighted by Crippen LogP contribution is 2.28. The van der Waals surface area contributed by atoms with Crippen LogP contribution in [0.15, 0.2) is 29.1 Å². The van der Waals surface area contributed by atoms with Crippen LogP contribution >= 0.6 is 0 Å². The Morgan fingerprint density at radius 1 is 1.30 bits per heavy atom. The van der Waals surface area contributed by atoms with E-state index in [2.05, 4.69) is 10.1 Å². The van der Waals surface area contributed by atoms with Crippen LogP contribution in [0.1, 0.15) is 43.1 Å². The molecule has 122 valence electrons. The van der Waals surface area contributed by atoms with Crippen molar-refractivity contribution in [2.45, 2.75) is 38.1 Å². The highest BCUT2D eigenvalue weighted by Gasteiger charge is 2.30. The molecular weight excluding hydrogens is 304 g/mol. The molecule has 2 aromatic rings. The van der Waals surface area contributed by atoms with Crippen LogP contribution in [-0.4, -0.2) is 27.5 Å². The molecule has 23 heavy (non-hydrogen) atoms. The standard InChI is InChI=1S/C16H17F2N3O2/c17-12-6-4-5-11(15(12)18)9-14(22)21-8-3-1-2-7-13(21)16-19-10-23-20-16/h4-6,10,13H,1-3,7-9H2/t13-/m1/s1. The first-order chi connectivity index (χ1) is 11.2. The van der Waals surface area contributed by atoms with Crippen molar-refractivity contribution >= 4 is 5.91 Å². The molecule has 1 aromatic carbocycles. The molecule has 0 unspecified atom stereocenters. The van der Waals surface area contributed by atoms with Gasteiger partial charge in [0, 0.05) is 12.1 Å². The van der Waals surface area contributed by atoms with E-state index in [-0.39, 0.29) is 23.9 Å².